The van der Waals surface area contributed by atoms with Gasteiger partial charge in [-0.1, -0.05) is 12.1 Å². The van der Waals surface area contributed by atoms with E-state index in [1.54, 1.807) is 0 Å². The standard InChI is InChI=1S/C18H22N2O/c1-12-7-13(2)9-17(8-12)19-11-18(21)20-16-6-5-14(3)15(4)10-16/h5-10,19H,11H2,1-4H3,(H,20,21). The molecule has 0 aromatic heterocycles. The molecule has 0 saturated carbocycles. The molecule has 0 radical (unpaired) electrons. The number of aryl methyl sites for hydroxylation is 4. The average Bonchev–Trinajstić information content (AvgIpc) is 2.40. The summed E-state index contributed by atoms with van der Waals surface area (Å²) >= 11 is 0. The van der Waals surface area contributed by atoms with E-state index in [0.717, 1.165) is 11.4 Å². The Bertz CT molecular complexity index is 642. The second-order valence-electron chi connectivity index (χ2n) is 5.58. The maximum Gasteiger partial charge on any atom is 0.243 e. The molecule has 3 heteroatoms. The second-order valence-corrected chi connectivity index (χ2v) is 5.58. The Morgan fingerprint density at radius 1 is 0.857 bits per heavy atom. The quantitative estimate of drug-likeness (QED) is 0.891. The second kappa shape index (κ2) is 6.44. The fraction of sp³-hybridized carbons (Fsp3) is 0.278. The van der Waals surface area contributed by atoms with Crippen molar-refractivity contribution in [3.8, 4) is 0 Å². The summed E-state index contributed by atoms with van der Waals surface area (Å²) in [7, 11) is 0. The van der Waals surface area contributed by atoms with Crippen LogP contribution in [0.3, 0.4) is 0 Å². The van der Waals surface area contributed by atoms with Crippen LogP contribution in [-0.4, -0.2) is 12.5 Å². The predicted octanol–water partition coefficient (Wildman–Crippen LogP) is 3.97. The van der Waals surface area contributed by atoms with Gasteiger partial charge in [-0.05, 0) is 74.2 Å². The number of rotatable bonds is 4. The summed E-state index contributed by atoms with van der Waals surface area (Å²) in [6.07, 6.45) is 0. The summed E-state index contributed by atoms with van der Waals surface area (Å²) < 4.78 is 0. The normalized spacial score (nSPS) is 10.3. The van der Waals surface area contributed by atoms with Crippen LogP contribution in [0, 0.1) is 27.7 Å². The van der Waals surface area contributed by atoms with E-state index in [4.69, 9.17) is 0 Å². The van der Waals surface area contributed by atoms with Gasteiger partial charge >= 0.3 is 0 Å². The van der Waals surface area contributed by atoms with E-state index in [0.29, 0.717) is 0 Å². The van der Waals surface area contributed by atoms with E-state index in [-0.39, 0.29) is 12.5 Å². The lowest BCUT2D eigenvalue weighted by atomic mass is 10.1. The van der Waals surface area contributed by atoms with Crippen LogP contribution in [0.5, 0.6) is 0 Å². The van der Waals surface area contributed by atoms with Crippen LogP contribution < -0.4 is 10.6 Å². The van der Waals surface area contributed by atoms with Crippen molar-refractivity contribution >= 4 is 17.3 Å². The molecule has 21 heavy (non-hydrogen) atoms. The van der Waals surface area contributed by atoms with Crippen LogP contribution >= 0.6 is 0 Å². The van der Waals surface area contributed by atoms with Gasteiger partial charge in [-0.2, -0.15) is 0 Å². The predicted molar refractivity (Wildman–Crippen MR) is 89.0 cm³/mol. The Kier molecular flexibility index (Phi) is 4.63. The molecular formula is C18H22N2O. The lowest BCUT2D eigenvalue weighted by molar-refractivity contribution is -0.114. The monoisotopic (exact) mass is 282 g/mol. The molecule has 2 aromatic rings. The lowest BCUT2D eigenvalue weighted by Gasteiger charge is -2.10. The fourth-order valence-electron chi connectivity index (χ4n) is 2.28. The third kappa shape index (κ3) is 4.35. The number of benzene rings is 2. The van der Waals surface area contributed by atoms with Gasteiger partial charge in [0.15, 0.2) is 0 Å². The molecule has 0 bridgehead atoms. The van der Waals surface area contributed by atoms with Crippen LogP contribution in [-0.2, 0) is 4.79 Å². The van der Waals surface area contributed by atoms with Gasteiger partial charge in [0.1, 0.15) is 0 Å². The Hall–Kier alpha value is -2.29. The van der Waals surface area contributed by atoms with Crippen LogP contribution in [0.15, 0.2) is 36.4 Å². The molecule has 0 saturated heterocycles. The molecule has 1 amide bonds. The molecule has 0 aliphatic heterocycles. The van der Waals surface area contributed by atoms with Crippen LogP contribution in [0.25, 0.3) is 0 Å². The first-order valence-electron chi connectivity index (χ1n) is 7.13. The number of amides is 1. The van der Waals surface area contributed by atoms with Crippen LogP contribution in [0.1, 0.15) is 22.3 Å². The van der Waals surface area contributed by atoms with Gasteiger partial charge in [0, 0.05) is 11.4 Å². The van der Waals surface area contributed by atoms with Crippen molar-refractivity contribution in [1.29, 1.82) is 0 Å². The molecule has 0 atom stereocenters. The molecule has 0 aliphatic rings. The summed E-state index contributed by atoms with van der Waals surface area (Å²) in [5, 5.41) is 6.07. The SMILES string of the molecule is Cc1cc(C)cc(NCC(=O)Nc2ccc(C)c(C)c2)c1. The molecule has 0 unspecified atom stereocenters. The number of carbonyl (C=O) groups excluding carboxylic acids is 1. The summed E-state index contributed by atoms with van der Waals surface area (Å²) in [5.41, 5.74) is 6.59. The van der Waals surface area contributed by atoms with Gasteiger partial charge in [-0.25, -0.2) is 0 Å². The maximum atomic E-state index is 12.0. The molecule has 2 N–H and O–H groups in total. The van der Waals surface area contributed by atoms with Crippen molar-refractivity contribution in [2.24, 2.45) is 0 Å². The molecule has 3 nitrogen and oxygen atoms in total. The van der Waals surface area contributed by atoms with Gasteiger partial charge in [-0.15, -0.1) is 0 Å². The van der Waals surface area contributed by atoms with E-state index in [2.05, 4.69) is 23.6 Å². The zero-order valence-corrected chi connectivity index (χ0v) is 13.1. The van der Waals surface area contributed by atoms with E-state index in [9.17, 15) is 4.79 Å². The topological polar surface area (TPSA) is 41.1 Å². The number of nitrogens with one attached hydrogen (secondary N) is 2. The van der Waals surface area contributed by atoms with E-state index in [1.165, 1.54) is 22.3 Å². The molecule has 2 aromatic carbocycles. The molecule has 0 spiro atoms. The zero-order chi connectivity index (χ0) is 15.4. The number of hydrogen-bond acceptors (Lipinski definition) is 2. The smallest absolute Gasteiger partial charge is 0.243 e. The van der Waals surface area contributed by atoms with Crippen LogP contribution in [0.4, 0.5) is 11.4 Å². The summed E-state index contributed by atoms with van der Waals surface area (Å²) in [4.78, 5) is 12.0. The Labute approximate surface area is 126 Å². The minimum Gasteiger partial charge on any atom is -0.376 e. The Morgan fingerprint density at radius 2 is 1.52 bits per heavy atom. The third-order valence-electron chi connectivity index (χ3n) is 3.47. The highest BCUT2D eigenvalue weighted by Crippen LogP contribution is 2.15. The van der Waals surface area contributed by atoms with Gasteiger partial charge in [0.2, 0.25) is 5.91 Å². The van der Waals surface area contributed by atoms with Crippen molar-refractivity contribution < 1.29 is 4.79 Å². The van der Waals surface area contributed by atoms with Crippen molar-refractivity contribution in [3.05, 3.63) is 58.7 Å². The van der Waals surface area contributed by atoms with Gasteiger partial charge in [0.25, 0.3) is 0 Å². The van der Waals surface area contributed by atoms with Crippen molar-refractivity contribution in [1.82, 2.24) is 0 Å². The highest BCUT2D eigenvalue weighted by molar-refractivity contribution is 5.93. The zero-order valence-electron chi connectivity index (χ0n) is 13.1. The van der Waals surface area contributed by atoms with Crippen molar-refractivity contribution in [2.45, 2.75) is 27.7 Å². The molecule has 2 rings (SSSR count). The summed E-state index contributed by atoms with van der Waals surface area (Å²) in [6.45, 7) is 8.46. The number of anilines is 2. The van der Waals surface area contributed by atoms with Gasteiger partial charge in [-0.3, -0.25) is 4.79 Å². The largest absolute Gasteiger partial charge is 0.376 e. The first-order chi connectivity index (χ1) is 9.94. The highest BCUT2D eigenvalue weighted by atomic mass is 16.1. The fourth-order valence-corrected chi connectivity index (χ4v) is 2.28. The maximum absolute atomic E-state index is 12.0. The third-order valence-corrected chi connectivity index (χ3v) is 3.47. The number of hydrogen-bond donors (Lipinski definition) is 2. The molecule has 110 valence electrons. The first kappa shape index (κ1) is 15.1. The average molecular weight is 282 g/mol. The van der Waals surface area contributed by atoms with Crippen molar-refractivity contribution in [3.63, 3.8) is 0 Å². The Morgan fingerprint density at radius 3 is 2.14 bits per heavy atom. The van der Waals surface area contributed by atoms with Gasteiger partial charge in [0.05, 0.1) is 6.54 Å². The summed E-state index contributed by atoms with van der Waals surface area (Å²) in [5.74, 6) is -0.0441. The first-order valence-corrected chi connectivity index (χ1v) is 7.13. The minimum atomic E-state index is -0.0441. The minimum absolute atomic E-state index is 0.0441. The van der Waals surface area contributed by atoms with Crippen LogP contribution in [0.2, 0.25) is 0 Å². The number of carbonyl (C=O) groups is 1. The molecular weight excluding hydrogens is 260 g/mol. The highest BCUT2D eigenvalue weighted by Gasteiger charge is 2.04. The van der Waals surface area contributed by atoms with E-state index >= 15 is 0 Å². The molecule has 0 heterocycles. The summed E-state index contributed by atoms with van der Waals surface area (Å²) in [6, 6.07) is 12.1. The Balaban J connectivity index is 1.94. The molecule has 0 aliphatic carbocycles. The lowest BCUT2D eigenvalue weighted by Crippen LogP contribution is -2.21. The van der Waals surface area contributed by atoms with E-state index < -0.39 is 0 Å². The van der Waals surface area contributed by atoms with Gasteiger partial charge < -0.3 is 10.6 Å². The van der Waals surface area contributed by atoms with Crippen molar-refractivity contribution in [2.75, 3.05) is 17.2 Å². The molecule has 0 fully saturated rings. The van der Waals surface area contributed by atoms with E-state index in [1.807, 2.05) is 51.1 Å².